The number of pyridine rings is 1. The van der Waals surface area contributed by atoms with E-state index in [4.69, 9.17) is 4.74 Å². The summed E-state index contributed by atoms with van der Waals surface area (Å²) in [7, 11) is 1.55. The third-order valence-electron chi connectivity index (χ3n) is 6.74. The predicted molar refractivity (Wildman–Crippen MR) is 143 cm³/mol. The quantitative estimate of drug-likeness (QED) is 0.298. The van der Waals surface area contributed by atoms with E-state index in [1.54, 1.807) is 46.6 Å². The first-order valence-electron chi connectivity index (χ1n) is 12.7. The number of hydrogen-bond acceptors (Lipinski definition) is 8. The average molecular weight is 528 g/mol. The van der Waals surface area contributed by atoms with Crippen molar-refractivity contribution < 1.29 is 14.6 Å². The minimum atomic E-state index is -1.04. The van der Waals surface area contributed by atoms with Crippen molar-refractivity contribution in [3.8, 4) is 22.5 Å². The standard InChI is InChI=1S/C27H29N9O3/c1-17-4-5-19(25-31-33-36(32-25)21-6-7-21)10-23(17)30-26(37)22-13-29-35-9-8-18(11-24(22)35)20-12-28-34(14-20)15-27(2,38)16-39-3/h4-5,8-14,21,38H,6-7,15-16H2,1-3H3,(H,30,37). The summed E-state index contributed by atoms with van der Waals surface area (Å²) >= 11 is 0. The number of rotatable bonds is 9. The number of benzene rings is 1. The second-order valence-electron chi connectivity index (χ2n) is 10.3. The van der Waals surface area contributed by atoms with Gasteiger partial charge in [0, 0.05) is 36.3 Å². The van der Waals surface area contributed by atoms with E-state index >= 15 is 0 Å². The van der Waals surface area contributed by atoms with E-state index in [9.17, 15) is 9.90 Å². The summed E-state index contributed by atoms with van der Waals surface area (Å²) in [4.78, 5) is 15.1. The van der Waals surface area contributed by atoms with Gasteiger partial charge in [0.1, 0.15) is 5.60 Å². The Morgan fingerprint density at radius 1 is 1.15 bits per heavy atom. The molecule has 5 aromatic rings. The van der Waals surface area contributed by atoms with Crippen LogP contribution < -0.4 is 5.32 Å². The van der Waals surface area contributed by atoms with E-state index in [0.717, 1.165) is 35.1 Å². The molecule has 1 atom stereocenters. The summed E-state index contributed by atoms with van der Waals surface area (Å²) in [6, 6.07) is 9.88. The highest BCUT2D eigenvalue weighted by molar-refractivity contribution is 6.09. The molecular weight excluding hydrogens is 498 g/mol. The molecular formula is C27H29N9O3. The van der Waals surface area contributed by atoms with Gasteiger partial charge in [-0.3, -0.25) is 9.48 Å². The molecule has 4 heterocycles. The van der Waals surface area contributed by atoms with Gasteiger partial charge in [-0.2, -0.15) is 15.0 Å². The average Bonchev–Trinajstić information content (AvgIpc) is 3.27. The Bertz CT molecular complexity index is 1660. The lowest BCUT2D eigenvalue weighted by Crippen LogP contribution is -2.35. The van der Waals surface area contributed by atoms with Crippen molar-refractivity contribution in [3.05, 3.63) is 66.2 Å². The summed E-state index contributed by atoms with van der Waals surface area (Å²) < 4.78 is 8.43. The van der Waals surface area contributed by atoms with Gasteiger partial charge in [-0.05, 0) is 61.2 Å². The number of ether oxygens (including phenoxy) is 1. The Kier molecular flexibility index (Phi) is 6.20. The molecule has 1 aliphatic carbocycles. The van der Waals surface area contributed by atoms with Crippen LogP contribution in [0.25, 0.3) is 28.0 Å². The van der Waals surface area contributed by atoms with Crippen LogP contribution in [0.5, 0.6) is 0 Å². The topological polar surface area (TPSA) is 137 Å². The lowest BCUT2D eigenvalue weighted by Gasteiger charge is -2.21. The first-order valence-corrected chi connectivity index (χ1v) is 12.7. The summed E-state index contributed by atoms with van der Waals surface area (Å²) in [6.45, 7) is 4.12. The molecule has 1 fully saturated rings. The Hall–Kier alpha value is -4.42. The van der Waals surface area contributed by atoms with Crippen molar-refractivity contribution in [2.45, 2.75) is 44.9 Å². The predicted octanol–water partition coefficient (Wildman–Crippen LogP) is 3.14. The van der Waals surface area contributed by atoms with Crippen LogP contribution in [-0.4, -0.2) is 69.9 Å². The normalized spacial score (nSPS) is 15.0. The van der Waals surface area contributed by atoms with Gasteiger partial charge < -0.3 is 15.2 Å². The summed E-state index contributed by atoms with van der Waals surface area (Å²) in [5, 5.41) is 35.1. The van der Waals surface area contributed by atoms with E-state index < -0.39 is 5.60 Å². The molecule has 0 aliphatic heterocycles. The van der Waals surface area contributed by atoms with Crippen LogP contribution in [0.1, 0.15) is 41.7 Å². The zero-order valence-corrected chi connectivity index (χ0v) is 21.9. The minimum Gasteiger partial charge on any atom is -0.386 e. The number of fused-ring (bicyclic) bond motifs is 1. The van der Waals surface area contributed by atoms with Crippen LogP contribution in [0.4, 0.5) is 5.69 Å². The molecule has 12 nitrogen and oxygen atoms in total. The van der Waals surface area contributed by atoms with Gasteiger partial charge >= 0.3 is 0 Å². The molecule has 1 aromatic carbocycles. The zero-order chi connectivity index (χ0) is 27.1. The number of carbonyl (C=O) groups excluding carboxylic acids is 1. The molecule has 4 aromatic heterocycles. The first kappa shape index (κ1) is 24.9. The highest BCUT2D eigenvalue weighted by Crippen LogP contribution is 2.33. The second kappa shape index (κ2) is 9.71. The van der Waals surface area contributed by atoms with Crippen LogP contribution in [0.15, 0.2) is 55.1 Å². The summed E-state index contributed by atoms with van der Waals surface area (Å²) in [5.41, 5.74) is 4.15. The monoisotopic (exact) mass is 527 g/mol. The molecule has 200 valence electrons. The van der Waals surface area contributed by atoms with Gasteiger partial charge in [-0.25, -0.2) is 4.52 Å². The molecule has 1 aliphatic rings. The van der Waals surface area contributed by atoms with Crippen molar-refractivity contribution >= 4 is 17.1 Å². The number of anilines is 1. The van der Waals surface area contributed by atoms with E-state index in [0.29, 0.717) is 28.6 Å². The Morgan fingerprint density at radius 2 is 2.00 bits per heavy atom. The summed E-state index contributed by atoms with van der Waals surface area (Å²) in [5.74, 6) is 0.255. The molecule has 12 heteroatoms. The number of aromatic nitrogens is 8. The maximum absolute atomic E-state index is 13.4. The third kappa shape index (κ3) is 5.16. The number of methoxy groups -OCH3 is 1. The zero-order valence-electron chi connectivity index (χ0n) is 21.9. The fourth-order valence-corrected chi connectivity index (χ4v) is 4.53. The molecule has 0 spiro atoms. The second-order valence-corrected chi connectivity index (χ2v) is 10.3. The van der Waals surface area contributed by atoms with E-state index in [-0.39, 0.29) is 19.1 Å². The van der Waals surface area contributed by atoms with Crippen LogP contribution >= 0.6 is 0 Å². The number of nitrogens with one attached hydrogen (secondary N) is 1. The Balaban J connectivity index is 1.24. The lowest BCUT2D eigenvalue weighted by molar-refractivity contribution is -0.0308. The first-order chi connectivity index (χ1) is 18.8. The summed E-state index contributed by atoms with van der Waals surface area (Å²) in [6.07, 6.45) is 9.10. The molecule has 0 saturated heterocycles. The molecule has 0 bridgehead atoms. The maximum atomic E-state index is 13.4. The van der Waals surface area contributed by atoms with Crippen LogP contribution in [-0.2, 0) is 11.3 Å². The van der Waals surface area contributed by atoms with Crippen molar-refractivity contribution in [1.29, 1.82) is 0 Å². The van der Waals surface area contributed by atoms with Gasteiger partial charge in [0.25, 0.3) is 5.91 Å². The molecule has 1 saturated carbocycles. The maximum Gasteiger partial charge on any atom is 0.259 e. The van der Waals surface area contributed by atoms with Gasteiger partial charge in [-0.1, -0.05) is 12.1 Å². The number of carbonyl (C=O) groups is 1. The molecule has 39 heavy (non-hydrogen) atoms. The minimum absolute atomic E-state index is 0.196. The van der Waals surface area contributed by atoms with E-state index in [1.807, 2.05) is 43.5 Å². The lowest BCUT2D eigenvalue weighted by atomic mass is 10.1. The number of amides is 1. The van der Waals surface area contributed by atoms with Crippen LogP contribution in [0.3, 0.4) is 0 Å². The molecule has 6 rings (SSSR count). The fourth-order valence-electron chi connectivity index (χ4n) is 4.53. The van der Waals surface area contributed by atoms with Gasteiger partial charge in [0.05, 0.1) is 42.7 Å². The highest BCUT2D eigenvalue weighted by atomic mass is 16.5. The van der Waals surface area contributed by atoms with Crippen LogP contribution in [0.2, 0.25) is 0 Å². The number of hydrogen-bond donors (Lipinski definition) is 2. The van der Waals surface area contributed by atoms with Crippen molar-refractivity contribution in [1.82, 2.24) is 39.6 Å². The fraction of sp³-hybridized carbons (Fsp3) is 0.333. The largest absolute Gasteiger partial charge is 0.386 e. The number of tetrazole rings is 1. The molecule has 1 amide bonds. The number of aryl methyl sites for hydroxylation is 1. The van der Waals surface area contributed by atoms with E-state index in [2.05, 4.69) is 30.9 Å². The number of aliphatic hydroxyl groups is 1. The van der Waals surface area contributed by atoms with Crippen molar-refractivity contribution in [3.63, 3.8) is 0 Å². The smallest absolute Gasteiger partial charge is 0.259 e. The van der Waals surface area contributed by atoms with Crippen molar-refractivity contribution in [2.75, 3.05) is 19.0 Å². The van der Waals surface area contributed by atoms with Gasteiger partial charge in [0.15, 0.2) is 0 Å². The highest BCUT2D eigenvalue weighted by Gasteiger charge is 2.27. The van der Waals surface area contributed by atoms with Crippen molar-refractivity contribution in [2.24, 2.45) is 0 Å². The van der Waals surface area contributed by atoms with Crippen LogP contribution in [0, 0.1) is 6.92 Å². The Labute approximate surface area is 224 Å². The Morgan fingerprint density at radius 3 is 2.79 bits per heavy atom. The number of nitrogens with zero attached hydrogens (tertiary/aromatic N) is 8. The third-order valence-corrected chi connectivity index (χ3v) is 6.74. The van der Waals surface area contributed by atoms with Gasteiger partial charge in [-0.15, -0.1) is 10.2 Å². The molecule has 2 N–H and O–H groups in total. The SMILES string of the molecule is COCC(C)(O)Cn1cc(-c2ccn3ncc(C(=O)Nc4cc(-c5nnn(C6CC6)n5)ccc4C)c3c2)cn1. The van der Waals surface area contributed by atoms with Gasteiger partial charge in [0.2, 0.25) is 5.82 Å². The van der Waals surface area contributed by atoms with E-state index in [1.165, 1.54) is 0 Å². The molecule has 0 radical (unpaired) electrons. The molecule has 1 unspecified atom stereocenters.